The van der Waals surface area contributed by atoms with Gasteiger partial charge < -0.3 is 15.4 Å². The molecule has 0 radical (unpaired) electrons. The molecule has 2 heterocycles. The molecule has 0 spiro atoms. The zero-order valence-electron chi connectivity index (χ0n) is 11.2. The van der Waals surface area contributed by atoms with E-state index in [0.29, 0.717) is 24.3 Å². The van der Waals surface area contributed by atoms with Gasteiger partial charge in [0.25, 0.3) is 0 Å². The lowest BCUT2D eigenvalue weighted by Gasteiger charge is -2.31. The van der Waals surface area contributed by atoms with Crippen LogP contribution in [0, 0.1) is 0 Å². The molecule has 0 amide bonds. The number of hydrogen-bond donors (Lipinski definition) is 1. The van der Waals surface area contributed by atoms with Crippen LogP contribution in [0.5, 0.6) is 5.88 Å². The van der Waals surface area contributed by atoms with Crippen LogP contribution in [0.4, 0.5) is 5.82 Å². The number of piperidine rings is 1. The van der Waals surface area contributed by atoms with Crippen LogP contribution < -0.4 is 10.5 Å². The summed E-state index contributed by atoms with van der Waals surface area (Å²) < 4.78 is 5.77. The lowest BCUT2D eigenvalue weighted by molar-refractivity contribution is 0.122. The Labute approximate surface area is 108 Å². The summed E-state index contributed by atoms with van der Waals surface area (Å²) in [4.78, 5) is 10.8. The predicted molar refractivity (Wildman–Crippen MR) is 71.6 cm³/mol. The summed E-state index contributed by atoms with van der Waals surface area (Å²) >= 11 is 0. The highest BCUT2D eigenvalue weighted by Gasteiger charge is 2.19. The minimum Gasteiger partial charge on any atom is -0.476 e. The number of aromatic nitrogens is 2. The molecule has 1 aromatic rings. The second-order valence-electron chi connectivity index (χ2n) is 4.84. The Hall–Kier alpha value is -1.36. The third kappa shape index (κ3) is 3.32. The molecule has 1 saturated heterocycles. The summed E-state index contributed by atoms with van der Waals surface area (Å²) in [6.45, 7) is 3.84. The van der Waals surface area contributed by atoms with Crippen LogP contribution in [0.15, 0.2) is 6.07 Å². The van der Waals surface area contributed by atoms with Gasteiger partial charge in [0, 0.05) is 18.5 Å². The van der Waals surface area contributed by atoms with E-state index in [4.69, 9.17) is 10.5 Å². The first kappa shape index (κ1) is 13.1. The smallest absolute Gasteiger partial charge is 0.218 e. The summed E-state index contributed by atoms with van der Waals surface area (Å²) in [6, 6.07) is 2.18. The summed E-state index contributed by atoms with van der Waals surface area (Å²) in [5.74, 6) is 1.81. The molecule has 1 atom stereocenters. The molecule has 1 aromatic heterocycles. The van der Waals surface area contributed by atoms with Gasteiger partial charge in [-0.1, -0.05) is 13.3 Å². The molecule has 0 bridgehead atoms. The highest BCUT2D eigenvalue weighted by Crippen LogP contribution is 2.17. The Bertz CT molecular complexity index is 397. The third-order valence-electron chi connectivity index (χ3n) is 3.43. The van der Waals surface area contributed by atoms with Crippen LogP contribution in [-0.4, -0.2) is 41.1 Å². The Morgan fingerprint density at radius 3 is 3.00 bits per heavy atom. The van der Waals surface area contributed by atoms with E-state index in [1.807, 2.05) is 6.92 Å². The van der Waals surface area contributed by atoms with Crippen LogP contribution in [0.1, 0.15) is 32.0 Å². The number of aryl methyl sites for hydroxylation is 1. The lowest BCUT2D eigenvalue weighted by atomic mass is 10.0. The average molecular weight is 250 g/mol. The number of rotatable bonds is 4. The number of hydrogen-bond acceptors (Lipinski definition) is 5. The van der Waals surface area contributed by atoms with Gasteiger partial charge in [-0.3, -0.25) is 0 Å². The van der Waals surface area contributed by atoms with Crippen molar-refractivity contribution in [3.05, 3.63) is 11.9 Å². The Morgan fingerprint density at radius 1 is 1.44 bits per heavy atom. The van der Waals surface area contributed by atoms with Gasteiger partial charge in [0.1, 0.15) is 18.2 Å². The zero-order chi connectivity index (χ0) is 13.0. The first-order valence-corrected chi connectivity index (χ1v) is 6.65. The van der Waals surface area contributed by atoms with Crippen molar-refractivity contribution in [2.75, 3.05) is 25.9 Å². The van der Waals surface area contributed by atoms with Crippen molar-refractivity contribution in [2.45, 2.75) is 38.6 Å². The van der Waals surface area contributed by atoms with Crippen molar-refractivity contribution in [3.8, 4) is 5.88 Å². The van der Waals surface area contributed by atoms with E-state index in [1.54, 1.807) is 6.07 Å². The second-order valence-corrected chi connectivity index (χ2v) is 4.84. The molecular formula is C13H22N4O. The first-order chi connectivity index (χ1) is 8.69. The number of ether oxygens (including phenoxy) is 1. The summed E-state index contributed by atoms with van der Waals surface area (Å²) in [7, 11) is 2.15. The minimum atomic E-state index is 0.480. The number of likely N-dealkylation sites (N-methyl/N-ethyl adjacent to an activating group) is 1. The minimum absolute atomic E-state index is 0.480. The summed E-state index contributed by atoms with van der Waals surface area (Å²) in [6.07, 6.45) is 4.53. The largest absolute Gasteiger partial charge is 0.476 e. The number of likely N-dealkylation sites (tertiary alicyclic amines) is 1. The highest BCUT2D eigenvalue weighted by molar-refractivity contribution is 5.32. The monoisotopic (exact) mass is 250 g/mol. The molecule has 100 valence electrons. The fourth-order valence-electron chi connectivity index (χ4n) is 2.26. The van der Waals surface area contributed by atoms with Gasteiger partial charge in [-0.25, -0.2) is 4.98 Å². The van der Waals surface area contributed by atoms with Gasteiger partial charge in [-0.2, -0.15) is 4.98 Å². The molecule has 18 heavy (non-hydrogen) atoms. The van der Waals surface area contributed by atoms with E-state index in [2.05, 4.69) is 21.9 Å². The van der Waals surface area contributed by atoms with Crippen molar-refractivity contribution in [1.82, 2.24) is 14.9 Å². The maximum Gasteiger partial charge on any atom is 0.218 e. The molecule has 5 nitrogen and oxygen atoms in total. The van der Waals surface area contributed by atoms with E-state index >= 15 is 0 Å². The van der Waals surface area contributed by atoms with Gasteiger partial charge >= 0.3 is 0 Å². The van der Waals surface area contributed by atoms with Crippen LogP contribution in [0.3, 0.4) is 0 Å². The van der Waals surface area contributed by atoms with Crippen LogP contribution in [-0.2, 0) is 6.42 Å². The van der Waals surface area contributed by atoms with Crippen molar-refractivity contribution in [2.24, 2.45) is 0 Å². The fraction of sp³-hybridized carbons (Fsp3) is 0.692. The van der Waals surface area contributed by atoms with E-state index in [1.165, 1.54) is 19.3 Å². The average Bonchev–Trinajstić information content (AvgIpc) is 2.37. The Kier molecular flexibility index (Phi) is 4.36. The second kappa shape index (κ2) is 6.00. The zero-order valence-corrected chi connectivity index (χ0v) is 11.2. The topological polar surface area (TPSA) is 64.3 Å². The van der Waals surface area contributed by atoms with E-state index < -0.39 is 0 Å². The SMILES string of the molecule is CCc1nc(N)cc(OCC2CCCCN2C)n1. The molecule has 0 aromatic carbocycles. The van der Waals surface area contributed by atoms with Gasteiger partial charge in [-0.15, -0.1) is 0 Å². The molecule has 1 fully saturated rings. The number of nitrogen functional groups attached to an aromatic ring is 1. The first-order valence-electron chi connectivity index (χ1n) is 6.65. The molecule has 5 heteroatoms. The molecule has 1 aliphatic rings. The quantitative estimate of drug-likeness (QED) is 0.877. The highest BCUT2D eigenvalue weighted by atomic mass is 16.5. The van der Waals surface area contributed by atoms with Crippen LogP contribution >= 0.6 is 0 Å². The number of anilines is 1. The molecule has 1 unspecified atom stereocenters. The van der Waals surface area contributed by atoms with Crippen LogP contribution in [0.25, 0.3) is 0 Å². The van der Waals surface area contributed by atoms with Gasteiger partial charge in [-0.05, 0) is 26.4 Å². The maximum absolute atomic E-state index is 5.77. The van der Waals surface area contributed by atoms with E-state index in [-0.39, 0.29) is 0 Å². The maximum atomic E-state index is 5.77. The van der Waals surface area contributed by atoms with E-state index in [9.17, 15) is 0 Å². The molecule has 2 rings (SSSR count). The standard InChI is InChI=1S/C13H22N4O/c1-3-12-15-11(14)8-13(16-12)18-9-10-6-4-5-7-17(10)2/h8,10H,3-7,9H2,1-2H3,(H2,14,15,16). The van der Waals surface area contributed by atoms with Gasteiger partial charge in [0.15, 0.2) is 0 Å². The molecule has 0 saturated carbocycles. The van der Waals surface area contributed by atoms with E-state index in [0.717, 1.165) is 18.8 Å². The van der Waals surface area contributed by atoms with Crippen molar-refractivity contribution >= 4 is 5.82 Å². The van der Waals surface area contributed by atoms with Crippen molar-refractivity contribution in [3.63, 3.8) is 0 Å². The van der Waals surface area contributed by atoms with Crippen molar-refractivity contribution < 1.29 is 4.74 Å². The Balaban J connectivity index is 1.94. The normalized spacial score (nSPS) is 20.9. The summed E-state index contributed by atoms with van der Waals surface area (Å²) in [5, 5.41) is 0. The third-order valence-corrected chi connectivity index (χ3v) is 3.43. The predicted octanol–water partition coefficient (Wildman–Crippen LogP) is 1.48. The Morgan fingerprint density at radius 2 is 2.28 bits per heavy atom. The molecular weight excluding hydrogens is 228 g/mol. The number of nitrogens with zero attached hydrogens (tertiary/aromatic N) is 3. The molecule has 0 aliphatic carbocycles. The lowest BCUT2D eigenvalue weighted by Crippen LogP contribution is -2.40. The summed E-state index contributed by atoms with van der Waals surface area (Å²) in [5.41, 5.74) is 5.73. The van der Waals surface area contributed by atoms with Gasteiger partial charge in [0.2, 0.25) is 5.88 Å². The fourth-order valence-corrected chi connectivity index (χ4v) is 2.26. The number of nitrogens with two attached hydrogens (primary N) is 1. The molecule has 2 N–H and O–H groups in total. The molecule has 1 aliphatic heterocycles. The van der Waals surface area contributed by atoms with Crippen molar-refractivity contribution in [1.29, 1.82) is 0 Å². The van der Waals surface area contributed by atoms with Crippen LogP contribution in [0.2, 0.25) is 0 Å². The van der Waals surface area contributed by atoms with Gasteiger partial charge in [0.05, 0.1) is 0 Å².